The van der Waals surface area contributed by atoms with Gasteiger partial charge in [-0.1, -0.05) is 58.8 Å². The van der Waals surface area contributed by atoms with E-state index in [2.05, 4.69) is 41.5 Å². The van der Waals surface area contributed by atoms with E-state index in [1.807, 2.05) is 6.08 Å². The van der Waals surface area contributed by atoms with E-state index in [1.165, 1.54) is 38.5 Å². The maximum atomic E-state index is 11.0. The predicted octanol–water partition coefficient (Wildman–Crippen LogP) is 6.21. The average Bonchev–Trinajstić information content (AvgIpc) is 3.02. The SMILES string of the molecule is C/C(=C\CC[C@@H](C)[C@H]1CC[C@@]2(C)C3=C(CC[C@]12C)[C@@]1(C)CC[C@H](O)C(C)(C)[C@@H]1CC3)C(=O)[O-]. The maximum absolute atomic E-state index is 11.0. The van der Waals surface area contributed by atoms with Gasteiger partial charge in [0.2, 0.25) is 0 Å². The van der Waals surface area contributed by atoms with Crippen molar-refractivity contribution in [2.24, 2.45) is 39.4 Å². The van der Waals surface area contributed by atoms with Crippen molar-refractivity contribution in [2.75, 3.05) is 0 Å². The third-order valence-corrected chi connectivity index (χ3v) is 11.9. The number of aliphatic carboxylic acids is 1. The molecule has 4 aliphatic carbocycles. The maximum Gasteiger partial charge on any atom is 0.0668 e. The number of carbonyl (C=O) groups is 1. The second kappa shape index (κ2) is 8.25. The van der Waals surface area contributed by atoms with E-state index in [-0.39, 0.29) is 22.3 Å². The number of aliphatic hydroxyl groups excluding tert-OH is 1. The zero-order chi connectivity index (χ0) is 24.4. The van der Waals surface area contributed by atoms with Crippen LogP contribution in [0.4, 0.5) is 0 Å². The van der Waals surface area contributed by atoms with Crippen LogP contribution in [0.25, 0.3) is 0 Å². The minimum absolute atomic E-state index is 0.00295. The van der Waals surface area contributed by atoms with Crippen molar-refractivity contribution in [3.05, 3.63) is 22.8 Å². The van der Waals surface area contributed by atoms with Gasteiger partial charge in [0.15, 0.2) is 0 Å². The second-order valence-corrected chi connectivity index (χ2v) is 13.5. The fraction of sp³-hybridized carbons (Fsp3) is 0.833. The molecule has 0 aromatic carbocycles. The number of fused-ring (bicyclic) bond motifs is 4. The predicted molar refractivity (Wildman–Crippen MR) is 132 cm³/mol. The molecule has 7 atom stereocenters. The third-order valence-electron chi connectivity index (χ3n) is 11.9. The Balaban J connectivity index is 1.60. The summed E-state index contributed by atoms with van der Waals surface area (Å²) in [6.07, 6.45) is 13.2. The van der Waals surface area contributed by atoms with Crippen molar-refractivity contribution < 1.29 is 15.0 Å². The molecule has 4 aliphatic rings. The summed E-state index contributed by atoms with van der Waals surface area (Å²) < 4.78 is 0. The highest BCUT2D eigenvalue weighted by molar-refractivity contribution is 5.83. The topological polar surface area (TPSA) is 60.4 Å². The Bertz CT molecular complexity index is 866. The Labute approximate surface area is 202 Å². The normalized spacial score (nSPS) is 43.5. The summed E-state index contributed by atoms with van der Waals surface area (Å²) in [5, 5.41) is 21.8. The van der Waals surface area contributed by atoms with Gasteiger partial charge < -0.3 is 15.0 Å². The molecule has 3 nitrogen and oxygen atoms in total. The smallest absolute Gasteiger partial charge is 0.0668 e. The molecule has 0 aromatic heterocycles. The van der Waals surface area contributed by atoms with Crippen molar-refractivity contribution in [1.82, 2.24) is 0 Å². The lowest BCUT2D eigenvalue weighted by Crippen LogP contribution is -2.55. The molecule has 0 aromatic rings. The van der Waals surface area contributed by atoms with Crippen LogP contribution in [0.15, 0.2) is 22.8 Å². The highest BCUT2D eigenvalue weighted by Crippen LogP contribution is 2.72. The molecule has 33 heavy (non-hydrogen) atoms. The molecule has 186 valence electrons. The number of rotatable bonds is 5. The van der Waals surface area contributed by atoms with Crippen LogP contribution in [0.2, 0.25) is 0 Å². The van der Waals surface area contributed by atoms with Gasteiger partial charge in [-0.05, 0) is 116 Å². The van der Waals surface area contributed by atoms with Gasteiger partial charge >= 0.3 is 0 Å². The number of hydrogen-bond acceptors (Lipinski definition) is 3. The fourth-order valence-electron chi connectivity index (χ4n) is 9.48. The van der Waals surface area contributed by atoms with E-state index in [0.29, 0.717) is 28.7 Å². The zero-order valence-electron chi connectivity index (χ0n) is 22.2. The van der Waals surface area contributed by atoms with Gasteiger partial charge in [-0.15, -0.1) is 0 Å². The average molecular weight is 456 g/mol. The lowest BCUT2D eigenvalue weighted by atomic mass is 9.43. The van der Waals surface area contributed by atoms with Gasteiger partial charge in [-0.2, -0.15) is 0 Å². The first-order chi connectivity index (χ1) is 15.3. The molecular weight excluding hydrogens is 408 g/mol. The lowest BCUT2D eigenvalue weighted by molar-refractivity contribution is -0.299. The highest BCUT2D eigenvalue weighted by atomic mass is 16.4. The Morgan fingerprint density at radius 1 is 1.06 bits per heavy atom. The molecule has 0 spiro atoms. The number of carboxylic acid groups (broad SMARTS) is 1. The van der Waals surface area contributed by atoms with Crippen LogP contribution in [0.5, 0.6) is 0 Å². The zero-order valence-corrected chi connectivity index (χ0v) is 22.2. The summed E-state index contributed by atoms with van der Waals surface area (Å²) in [4.78, 5) is 11.0. The van der Waals surface area contributed by atoms with Crippen molar-refractivity contribution in [3.8, 4) is 0 Å². The summed E-state index contributed by atoms with van der Waals surface area (Å²) in [5.74, 6) is 0.830. The van der Waals surface area contributed by atoms with E-state index in [4.69, 9.17) is 0 Å². The Morgan fingerprint density at radius 3 is 2.42 bits per heavy atom. The highest BCUT2D eigenvalue weighted by Gasteiger charge is 2.63. The standard InChI is InChI=1S/C30H48O3/c1-19(9-8-10-20(2)26(32)33)21-13-17-30(7)23-11-12-24-27(3,4)25(31)15-16-28(24,5)22(23)14-18-29(21,30)6/h10,19,21,24-25,31H,8-9,11-18H2,1-7H3,(H,32,33)/p-1/b20-10+/t19-,21-,24+,25+,28-,29-,30+/m1/s1. The summed E-state index contributed by atoms with van der Waals surface area (Å²) in [6, 6.07) is 0. The second-order valence-electron chi connectivity index (χ2n) is 13.5. The van der Waals surface area contributed by atoms with Crippen LogP contribution in [0.3, 0.4) is 0 Å². The summed E-state index contributed by atoms with van der Waals surface area (Å²) in [6.45, 7) is 16.4. The quantitative estimate of drug-likeness (QED) is 0.396. The molecule has 3 heteroatoms. The van der Waals surface area contributed by atoms with Gasteiger partial charge in [0, 0.05) is 0 Å². The van der Waals surface area contributed by atoms with Gasteiger partial charge in [0.25, 0.3) is 0 Å². The molecule has 0 amide bonds. The van der Waals surface area contributed by atoms with E-state index >= 15 is 0 Å². The van der Waals surface area contributed by atoms with E-state index in [0.717, 1.165) is 25.7 Å². The van der Waals surface area contributed by atoms with E-state index in [1.54, 1.807) is 18.1 Å². The summed E-state index contributed by atoms with van der Waals surface area (Å²) >= 11 is 0. The van der Waals surface area contributed by atoms with E-state index < -0.39 is 5.97 Å². The van der Waals surface area contributed by atoms with Crippen molar-refractivity contribution in [1.29, 1.82) is 0 Å². The minimum Gasteiger partial charge on any atom is -0.545 e. The van der Waals surface area contributed by atoms with E-state index in [9.17, 15) is 15.0 Å². The molecule has 0 aliphatic heterocycles. The number of hydrogen-bond donors (Lipinski definition) is 1. The number of aliphatic hydroxyl groups is 1. The summed E-state index contributed by atoms with van der Waals surface area (Å²) in [5.41, 5.74) is 4.79. The van der Waals surface area contributed by atoms with Gasteiger partial charge in [0.1, 0.15) is 0 Å². The van der Waals surface area contributed by atoms with Crippen LogP contribution in [-0.4, -0.2) is 17.2 Å². The van der Waals surface area contributed by atoms with Crippen molar-refractivity contribution in [2.45, 2.75) is 119 Å². The van der Waals surface area contributed by atoms with Crippen LogP contribution in [0.1, 0.15) is 113 Å². The van der Waals surface area contributed by atoms with Gasteiger partial charge in [-0.3, -0.25) is 0 Å². The molecular formula is C30H47O3-. The first-order valence-electron chi connectivity index (χ1n) is 13.6. The molecule has 0 saturated heterocycles. The van der Waals surface area contributed by atoms with Crippen molar-refractivity contribution >= 4 is 5.97 Å². The molecule has 0 radical (unpaired) electrons. The summed E-state index contributed by atoms with van der Waals surface area (Å²) in [7, 11) is 0. The Morgan fingerprint density at radius 2 is 1.76 bits per heavy atom. The first kappa shape index (κ1) is 25.0. The number of carboxylic acids is 1. The van der Waals surface area contributed by atoms with Crippen LogP contribution in [-0.2, 0) is 4.79 Å². The van der Waals surface area contributed by atoms with Gasteiger partial charge in [0.05, 0.1) is 12.1 Å². The Kier molecular flexibility index (Phi) is 6.25. The molecule has 4 rings (SSSR count). The molecule has 2 fully saturated rings. The van der Waals surface area contributed by atoms with Crippen molar-refractivity contribution in [3.63, 3.8) is 0 Å². The van der Waals surface area contributed by atoms with Gasteiger partial charge in [-0.25, -0.2) is 0 Å². The fourth-order valence-corrected chi connectivity index (χ4v) is 9.48. The van der Waals surface area contributed by atoms with Crippen LogP contribution in [0, 0.1) is 39.4 Å². The largest absolute Gasteiger partial charge is 0.545 e. The van der Waals surface area contributed by atoms with Crippen LogP contribution >= 0.6 is 0 Å². The minimum atomic E-state index is -1.04. The molecule has 0 heterocycles. The Hall–Kier alpha value is -1.09. The number of carbonyl (C=O) groups excluding carboxylic acids is 1. The van der Waals surface area contributed by atoms with Crippen LogP contribution < -0.4 is 5.11 Å². The molecule has 2 saturated carbocycles. The monoisotopic (exact) mass is 455 g/mol. The first-order valence-corrected chi connectivity index (χ1v) is 13.6. The molecule has 0 unspecified atom stereocenters. The lowest BCUT2D eigenvalue weighted by Gasteiger charge is -2.62. The number of allylic oxidation sites excluding steroid dienone is 3. The molecule has 1 N–H and O–H groups in total. The third kappa shape index (κ3) is 3.58. The molecule has 0 bridgehead atoms.